The van der Waals surface area contributed by atoms with Crippen LogP contribution in [-0.4, -0.2) is 28.7 Å². The van der Waals surface area contributed by atoms with Gasteiger partial charge in [0, 0.05) is 9.77 Å². The minimum atomic E-state index is -0.814. The number of aromatic nitrogens is 1. The van der Waals surface area contributed by atoms with Gasteiger partial charge in [0.2, 0.25) is 0 Å². The van der Waals surface area contributed by atoms with Crippen molar-refractivity contribution < 1.29 is 19.1 Å². The molecular weight excluding hydrogens is 598 g/mol. The maximum absolute atomic E-state index is 12.6. The van der Waals surface area contributed by atoms with E-state index in [0.29, 0.717) is 12.8 Å². The van der Waals surface area contributed by atoms with Crippen LogP contribution in [-0.2, 0) is 27.3 Å². The Morgan fingerprint density at radius 1 is 1.14 bits per heavy atom. The first-order chi connectivity index (χ1) is 13.6. The third kappa shape index (κ3) is 8.85. The molecule has 0 radical (unpaired) electrons. The fourth-order valence-corrected chi connectivity index (χ4v) is 3.27. The number of carbonyl (C=O) groups is 2. The third-order valence-electron chi connectivity index (χ3n) is 3.77. The van der Waals surface area contributed by atoms with Gasteiger partial charge in [-0.05, 0) is 96.0 Å². The van der Waals surface area contributed by atoms with Gasteiger partial charge < -0.3 is 14.8 Å². The van der Waals surface area contributed by atoms with E-state index >= 15 is 0 Å². The number of esters is 1. The summed E-state index contributed by atoms with van der Waals surface area (Å²) in [6.07, 6.45) is 2.09. The number of rotatable bonds is 7. The van der Waals surface area contributed by atoms with Crippen molar-refractivity contribution in [2.75, 3.05) is 0 Å². The van der Waals surface area contributed by atoms with Crippen molar-refractivity contribution in [1.29, 1.82) is 0 Å². The lowest BCUT2D eigenvalue weighted by molar-refractivity contribution is -0.147. The first-order valence-electron chi connectivity index (χ1n) is 9.14. The lowest BCUT2D eigenvalue weighted by Crippen LogP contribution is -2.44. The number of hydrogen-bond acceptors (Lipinski definition) is 5. The molecule has 29 heavy (non-hydrogen) atoms. The van der Waals surface area contributed by atoms with E-state index in [2.05, 4.69) is 55.5 Å². The highest BCUT2D eigenvalue weighted by molar-refractivity contribution is 14.1. The zero-order chi connectivity index (χ0) is 21.4. The molecule has 2 aromatic rings. The molecule has 0 aliphatic carbocycles. The van der Waals surface area contributed by atoms with E-state index in [1.54, 1.807) is 27.0 Å². The first kappa shape index (κ1) is 23.8. The summed E-state index contributed by atoms with van der Waals surface area (Å²) in [5, 5.41) is 2.65. The Bertz CT molecular complexity index is 838. The molecule has 156 valence electrons. The van der Waals surface area contributed by atoms with Crippen LogP contribution in [0.25, 0.3) is 0 Å². The summed E-state index contributed by atoms with van der Waals surface area (Å²) in [4.78, 5) is 29.2. The highest BCUT2D eigenvalue weighted by Crippen LogP contribution is 2.16. The Morgan fingerprint density at radius 3 is 2.45 bits per heavy atom. The Balaban J connectivity index is 2.03. The van der Waals surface area contributed by atoms with E-state index in [0.717, 1.165) is 18.4 Å². The van der Waals surface area contributed by atoms with Crippen LogP contribution in [0.1, 0.15) is 38.3 Å². The number of halogens is 2. The van der Waals surface area contributed by atoms with Crippen LogP contribution < -0.4 is 5.32 Å². The van der Waals surface area contributed by atoms with Gasteiger partial charge in [-0.15, -0.1) is 0 Å². The van der Waals surface area contributed by atoms with Crippen molar-refractivity contribution in [3.8, 4) is 0 Å². The Morgan fingerprint density at radius 2 is 1.83 bits per heavy atom. The van der Waals surface area contributed by atoms with Crippen LogP contribution in [0, 0.1) is 7.27 Å². The van der Waals surface area contributed by atoms with Crippen LogP contribution in [0.5, 0.6) is 0 Å². The van der Waals surface area contributed by atoms with Crippen LogP contribution in [0.15, 0.2) is 42.6 Å². The van der Waals surface area contributed by atoms with Gasteiger partial charge in [-0.3, -0.25) is 0 Å². The molecule has 1 heterocycles. The summed E-state index contributed by atoms with van der Waals surface area (Å²) >= 11 is 4.40. The van der Waals surface area contributed by atoms with Gasteiger partial charge in [-0.1, -0.05) is 30.3 Å². The maximum Gasteiger partial charge on any atom is 0.408 e. The van der Waals surface area contributed by atoms with Crippen molar-refractivity contribution in [2.45, 2.75) is 51.9 Å². The fourth-order valence-electron chi connectivity index (χ4n) is 2.44. The molecule has 8 heteroatoms. The van der Waals surface area contributed by atoms with E-state index in [-0.39, 0.29) is 6.61 Å². The van der Waals surface area contributed by atoms with Crippen LogP contribution in [0.3, 0.4) is 0 Å². The van der Waals surface area contributed by atoms with Crippen LogP contribution in [0.4, 0.5) is 4.79 Å². The molecule has 2 rings (SSSR count). The summed E-state index contributed by atoms with van der Waals surface area (Å²) in [5.74, 6) is -0.493. The molecular formula is C21H24I2N2O4. The highest BCUT2D eigenvalue weighted by atomic mass is 127. The minimum Gasteiger partial charge on any atom is -0.459 e. The lowest BCUT2D eigenvalue weighted by atomic mass is 10.1. The summed E-state index contributed by atoms with van der Waals surface area (Å²) in [7, 11) is 0. The number of nitrogens with one attached hydrogen (secondary N) is 1. The van der Waals surface area contributed by atoms with Crippen LogP contribution in [0.2, 0.25) is 0 Å². The number of aryl methyl sites for hydroxylation is 1. The van der Waals surface area contributed by atoms with Gasteiger partial charge >= 0.3 is 12.1 Å². The number of amides is 1. The zero-order valence-corrected chi connectivity index (χ0v) is 20.9. The second-order valence-electron chi connectivity index (χ2n) is 7.45. The minimum absolute atomic E-state index is 0.148. The van der Waals surface area contributed by atoms with Crippen molar-refractivity contribution in [2.24, 2.45) is 0 Å². The maximum atomic E-state index is 12.6. The molecule has 0 saturated carbocycles. The quantitative estimate of drug-likeness (QED) is 0.272. The topological polar surface area (TPSA) is 77.5 Å². The normalized spacial score (nSPS) is 12.2. The van der Waals surface area contributed by atoms with E-state index in [1.807, 2.05) is 36.4 Å². The second-order valence-corrected chi connectivity index (χ2v) is 9.63. The SMILES string of the molecule is CC(C)(C)OC(=O)N[C@@H](CCc1cnc(I)c(I)c1)C(=O)OCc1ccccc1. The average Bonchev–Trinajstić information content (AvgIpc) is 2.65. The van der Waals surface area contributed by atoms with E-state index < -0.39 is 23.7 Å². The number of pyridine rings is 1. The summed E-state index contributed by atoms with van der Waals surface area (Å²) in [6, 6.07) is 10.6. The van der Waals surface area contributed by atoms with Crippen molar-refractivity contribution in [3.05, 3.63) is 61.0 Å². The molecule has 0 aliphatic rings. The number of hydrogen-bond donors (Lipinski definition) is 1. The van der Waals surface area contributed by atoms with Gasteiger partial charge in [-0.25, -0.2) is 14.6 Å². The first-order valence-corrected chi connectivity index (χ1v) is 11.3. The summed E-state index contributed by atoms with van der Waals surface area (Å²) in [5.41, 5.74) is 1.22. The number of carbonyl (C=O) groups excluding carboxylic acids is 2. The van der Waals surface area contributed by atoms with Crippen molar-refractivity contribution >= 4 is 57.2 Å². The predicted molar refractivity (Wildman–Crippen MR) is 127 cm³/mol. The van der Waals surface area contributed by atoms with Crippen molar-refractivity contribution in [1.82, 2.24) is 10.3 Å². The highest BCUT2D eigenvalue weighted by Gasteiger charge is 2.25. The molecule has 0 saturated heterocycles. The summed E-state index contributed by atoms with van der Waals surface area (Å²) in [6.45, 7) is 5.46. The summed E-state index contributed by atoms with van der Waals surface area (Å²) < 4.78 is 12.7. The number of nitrogens with zero attached hydrogens (tertiary/aromatic N) is 1. The van der Waals surface area contributed by atoms with E-state index in [4.69, 9.17) is 9.47 Å². The molecule has 0 bridgehead atoms. The molecule has 0 fully saturated rings. The zero-order valence-electron chi connectivity index (χ0n) is 16.6. The second kappa shape index (κ2) is 11.1. The predicted octanol–water partition coefficient (Wildman–Crippen LogP) is 4.86. The molecule has 1 aromatic carbocycles. The van der Waals surface area contributed by atoms with Gasteiger partial charge in [0.1, 0.15) is 22.0 Å². The number of benzene rings is 1. The fraction of sp³-hybridized carbons (Fsp3) is 0.381. The van der Waals surface area contributed by atoms with E-state index in [1.165, 1.54) is 0 Å². The monoisotopic (exact) mass is 622 g/mol. The molecule has 1 N–H and O–H groups in total. The third-order valence-corrected chi connectivity index (χ3v) is 6.49. The standard InChI is InChI=1S/C21H24I2N2O4/c1-21(2,3)29-20(27)25-17(10-9-15-11-16(22)18(23)24-12-15)19(26)28-13-14-7-5-4-6-8-14/h4-8,11-12,17H,9-10,13H2,1-3H3,(H,25,27)/t17-/m0/s1. The largest absolute Gasteiger partial charge is 0.459 e. The molecule has 0 aliphatic heterocycles. The molecule has 0 unspecified atom stereocenters. The molecule has 6 nitrogen and oxygen atoms in total. The molecule has 1 amide bonds. The lowest BCUT2D eigenvalue weighted by Gasteiger charge is -2.23. The Labute approximate surface area is 198 Å². The van der Waals surface area contributed by atoms with Gasteiger partial charge in [0.05, 0.1) is 0 Å². The van der Waals surface area contributed by atoms with Gasteiger partial charge in [0.25, 0.3) is 0 Å². The van der Waals surface area contributed by atoms with E-state index in [9.17, 15) is 9.59 Å². The molecule has 0 spiro atoms. The molecule has 1 atom stereocenters. The Hall–Kier alpha value is -1.43. The van der Waals surface area contributed by atoms with Crippen molar-refractivity contribution in [3.63, 3.8) is 0 Å². The number of alkyl carbamates (subject to hydrolysis) is 1. The Kier molecular flexibility index (Phi) is 9.12. The average molecular weight is 622 g/mol. The molecule has 1 aromatic heterocycles. The van der Waals surface area contributed by atoms with Gasteiger partial charge in [0.15, 0.2) is 0 Å². The smallest absolute Gasteiger partial charge is 0.408 e. The van der Waals surface area contributed by atoms with Gasteiger partial charge in [-0.2, -0.15) is 0 Å². The van der Waals surface area contributed by atoms with Crippen LogP contribution >= 0.6 is 45.2 Å². The number of ether oxygens (including phenoxy) is 2.